The Morgan fingerprint density at radius 1 is 1.00 bits per heavy atom. The van der Waals surface area contributed by atoms with Crippen molar-refractivity contribution in [1.82, 2.24) is 0 Å². The summed E-state index contributed by atoms with van der Waals surface area (Å²) in [5.41, 5.74) is 3.43. The molecule has 0 spiro atoms. The van der Waals surface area contributed by atoms with Gasteiger partial charge in [-0.15, -0.1) is 0 Å². The summed E-state index contributed by atoms with van der Waals surface area (Å²) in [6.07, 6.45) is 0.615. The highest BCUT2D eigenvalue weighted by Crippen LogP contribution is 2.28. The summed E-state index contributed by atoms with van der Waals surface area (Å²) < 4.78 is 27.2. The van der Waals surface area contributed by atoms with Gasteiger partial charge in [-0.2, -0.15) is 0 Å². The molecule has 0 aliphatic heterocycles. The second kappa shape index (κ2) is 7.50. The zero-order valence-electron chi connectivity index (χ0n) is 14.8. The average Bonchev–Trinajstić information content (AvgIpc) is 2.64. The Labute approximate surface area is 155 Å². The fourth-order valence-corrected chi connectivity index (χ4v) is 2.85. The molecule has 0 bridgehead atoms. The lowest BCUT2D eigenvalue weighted by molar-refractivity contribution is 0.102. The number of amides is 1. The number of aryl methyl sites for hydroxylation is 1. The monoisotopic (exact) mass is 365 g/mol. The summed E-state index contributed by atoms with van der Waals surface area (Å²) in [5.74, 6) is -1.76. The molecule has 27 heavy (non-hydrogen) atoms. The molecule has 0 aliphatic carbocycles. The lowest BCUT2D eigenvalue weighted by Gasteiger charge is -2.13. The summed E-state index contributed by atoms with van der Waals surface area (Å²) in [6, 6.07) is 13.2. The van der Waals surface area contributed by atoms with Crippen LogP contribution in [0.4, 0.5) is 14.5 Å². The van der Waals surface area contributed by atoms with Crippen LogP contribution >= 0.6 is 0 Å². The Balaban J connectivity index is 2.00. The van der Waals surface area contributed by atoms with Crippen molar-refractivity contribution in [3.8, 4) is 11.1 Å². The van der Waals surface area contributed by atoms with Gasteiger partial charge >= 0.3 is 0 Å². The second-order valence-electron chi connectivity index (χ2n) is 6.25. The third-order valence-corrected chi connectivity index (χ3v) is 4.52. The number of rotatable bonds is 4. The topological polar surface area (TPSA) is 46.2 Å². The van der Waals surface area contributed by atoms with Crippen molar-refractivity contribution < 1.29 is 18.4 Å². The molecule has 3 aromatic carbocycles. The number of carbonyl (C=O) groups excluding carboxylic acids is 2. The van der Waals surface area contributed by atoms with Crippen LogP contribution in [-0.2, 0) is 0 Å². The zero-order valence-corrected chi connectivity index (χ0v) is 14.8. The molecule has 3 aromatic rings. The summed E-state index contributed by atoms with van der Waals surface area (Å²) in [5, 5.41) is 2.72. The molecular weight excluding hydrogens is 348 g/mol. The number of anilines is 1. The molecule has 0 atom stereocenters. The predicted octanol–water partition coefficient (Wildman–Crippen LogP) is 5.31. The first-order valence-electron chi connectivity index (χ1n) is 8.33. The highest BCUT2D eigenvalue weighted by Gasteiger charge is 2.14. The SMILES string of the molecule is Cc1cccc(C(=O)Nc2cc(-c3ccc(F)cc3F)ccc2C=O)c1C. The van der Waals surface area contributed by atoms with Crippen molar-refractivity contribution in [2.75, 3.05) is 5.32 Å². The minimum absolute atomic E-state index is 0.177. The normalized spacial score (nSPS) is 10.5. The first-order chi connectivity index (χ1) is 12.9. The van der Waals surface area contributed by atoms with E-state index in [1.54, 1.807) is 18.2 Å². The quantitative estimate of drug-likeness (QED) is 0.637. The highest BCUT2D eigenvalue weighted by molar-refractivity contribution is 6.07. The number of benzene rings is 3. The largest absolute Gasteiger partial charge is 0.321 e. The van der Waals surface area contributed by atoms with Crippen LogP contribution in [0.15, 0.2) is 54.6 Å². The lowest BCUT2D eigenvalue weighted by Crippen LogP contribution is -2.15. The van der Waals surface area contributed by atoms with Crippen LogP contribution in [0.5, 0.6) is 0 Å². The van der Waals surface area contributed by atoms with E-state index in [1.807, 2.05) is 19.9 Å². The molecule has 3 nitrogen and oxygen atoms in total. The molecule has 0 fully saturated rings. The number of hydrogen-bond acceptors (Lipinski definition) is 2. The molecule has 5 heteroatoms. The van der Waals surface area contributed by atoms with Gasteiger partial charge in [-0.05, 0) is 60.9 Å². The number of halogens is 2. The number of hydrogen-bond donors (Lipinski definition) is 1. The molecule has 0 aliphatic rings. The maximum Gasteiger partial charge on any atom is 0.255 e. The van der Waals surface area contributed by atoms with Gasteiger partial charge in [0, 0.05) is 22.8 Å². The van der Waals surface area contributed by atoms with Gasteiger partial charge in [-0.1, -0.05) is 18.2 Å². The molecule has 0 saturated heterocycles. The van der Waals surface area contributed by atoms with E-state index in [0.29, 0.717) is 17.4 Å². The van der Waals surface area contributed by atoms with E-state index in [-0.39, 0.29) is 22.7 Å². The van der Waals surface area contributed by atoms with Gasteiger partial charge in [0.25, 0.3) is 5.91 Å². The van der Waals surface area contributed by atoms with E-state index in [1.165, 1.54) is 18.2 Å². The molecule has 3 rings (SSSR count). The number of nitrogens with one attached hydrogen (secondary N) is 1. The van der Waals surface area contributed by atoms with Gasteiger partial charge in [0.05, 0.1) is 5.69 Å². The summed E-state index contributed by atoms with van der Waals surface area (Å²) in [7, 11) is 0. The average molecular weight is 365 g/mol. The maximum atomic E-state index is 14.1. The molecule has 1 amide bonds. The van der Waals surface area contributed by atoms with Gasteiger partial charge in [0.2, 0.25) is 0 Å². The van der Waals surface area contributed by atoms with Gasteiger partial charge in [-0.3, -0.25) is 9.59 Å². The van der Waals surface area contributed by atoms with Crippen LogP contribution in [0.1, 0.15) is 31.8 Å². The van der Waals surface area contributed by atoms with Crippen molar-refractivity contribution in [1.29, 1.82) is 0 Å². The van der Waals surface area contributed by atoms with Gasteiger partial charge in [-0.25, -0.2) is 8.78 Å². The van der Waals surface area contributed by atoms with Crippen molar-refractivity contribution in [3.63, 3.8) is 0 Å². The second-order valence-corrected chi connectivity index (χ2v) is 6.25. The van der Waals surface area contributed by atoms with E-state index in [2.05, 4.69) is 5.32 Å². The standard InChI is InChI=1S/C22H17F2NO2/c1-13-4-3-5-18(14(13)2)22(27)25-21-10-15(6-7-16(21)12-26)19-9-8-17(23)11-20(19)24/h3-12H,1-2H3,(H,25,27). The summed E-state index contributed by atoms with van der Waals surface area (Å²) >= 11 is 0. The van der Waals surface area contributed by atoms with Gasteiger partial charge in [0.1, 0.15) is 11.6 Å². The molecule has 0 heterocycles. The van der Waals surface area contributed by atoms with Crippen LogP contribution in [0, 0.1) is 25.5 Å². The van der Waals surface area contributed by atoms with Crippen LogP contribution in [0.25, 0.3) is 11.1 Å². The minimum Gasteiger partial charge on any atom is -0.321 e. The molecular formula is C22H17F2NO2. The van der Waals surface area contributed by atoms with Crippen LogP contribution in [-0.4, -0.2) is 12.2 Å². The highest BCUT2D eigenvalue weighted by atomic mass is 19.1. The summed E-state index contributed by atoms with van der Waals surface area (Å²) in [6.45, 7) is 3.75. The van der Waals surface area contributed by atoms with E-state index in [9.17, 15) is 18.4 Å². The lowest BCUT2D eigenvalue weighted by atomic mass is 10.0. The summed E-state index contributed by atoms with van der Waals surface area (Å²) in [4.78, 5) is 24.0. The molecule has 0 saturated carbocycles. The van der Waals surface area contributed by atoms with Crippen LogP contribution in [0.2, 0.25) is 0 Å². The van der Waals surface area contributed by atoms with E-state index in [4.69, 9.17) is 0 Å². The third kappa shape index (κ3) is 3.77. The smallest absolute Gasteiger partial charge is 0.255 e. The Bertz CT molecular complexity index is 1040. The van der Waals surface area contributed by atoms with E-state index < -0.39 is 11.6 Å². The van der Waals surface area contributed by atoms with E-state index in [0.717, 1.165) is 23.3 Å². The van der Waals surface area contributed by atoms with Crippen LogP contribution < -0.4 is 5.32 Å². The fraction of sp³-hybridized carbons (Fsp3) is 0.0909. The molecule has 0 aromatic heterocycles. The Morgan fingerprint density at radius 2 is 1.78 bits per heavy atom. The first-order valence-corrected chi connectivity index (χ1v) is 8.33. The van der Waals surface area contributed by atoms with Crippen molar-refractivity contribution in [3.05, 3.63) is 88.5 Å². The van der Waals surface area contributed by atoms with Crippen molar-refractivity contribution in [2.45, 2.75) is 13.8 Å². The molecule has 0 radical (unpaired) electrons. The van der Waals surface area contributed by atoms with Crippen molar-refractivity contribution >= 4 is 17.9 Å². The molecule has 136 valence electrons. The number of carbonyl (C=O) groups is 2. The molecule has 1 N–H and O–H groups in total. The Morgan fingerprint density at radius 3 is 2.48 bits per heavy atom. The Hall–Kier alpha value is -3.34. The minimum atomic E-state index is -0.722. The van der Waals surface area contributed by atoms with Crippen molar-refractivity contribution in [2.24, 2.45) is 0 Å². The molecule has 0 unspecified atom stereocenters. The van der Waals surface area contributed by atoms with E-state index >= 15 is 0 Å². The fourth-order valence-electron chi connectivity index (χ4n) is 2.85. The third-order valence-electron chi connectivity index (χ3n) is 4.52. The number of aldehydes is 1. The van der Waals surface area contributed by atoms with Crippen LogP contribution in [0.3, 0.4) is 0 Å². The van der Waals surface area contributed by atoms with Gasteiger partial charge < -0.3 is 5.32 Å². The van der Waals surface area contributed by atoms with Gasteiger partial charge in [0.15, 0.2) is 6.29 Å². The first kappa shape index (κ1) is 18.5. The Kier molecular flexibility index (Phi) is 5.12. The predicted molar refractivity (Wildman–Crippen MR) is 101 cm³/mol. The zero-order chi connectivity index (χ0) is 19.6. The maximum absolute atomic E-state index is 14.1.